The molecule has 1 aliphatic heterocycles. The van der Waals surface area contributed by atoms with Crippen LogP contribution in [0.15, 0.2) is 24.3 Å². The molecule has 1 amide bonds. The monoisotopic (exact) mass is 362 g/mol. The quantitative estimate of drug-likeness (QED) is 0.791. The average Bonchev–Trinajstić information content (AvgIpc) is 3.32. The maximum Gasteiger partial charge on any atom is 0.323 e. The van der Waals surface area contributed by atoms with Crippen molar-refractivity contribution >= 4 is 11.9 Å². The van der Waals surface area contributed by atoms with Gasteiger partial charge in [0.05, 0.1) is 19.7 Å². The lowest BCUT2D eigenvalue weighted by Gasteiger charge is -2.27. The fourth-order valence-electron chi connectivity index (χ4n) is 4.26. The third kappa shape index (κ3) is 4.41. The SMILES string of the molecule is COC(=O)C1CCCN1CC(=O)NC(c1ccc(F)cc1)C1CCCC1. The highest BCUT2D eigenvalue weighted by atomic mass is 19.1. The maximum absolute atomic E-state index is 13.3. The summed E-state index contributed by atoms with van der Waals surface area (Å²) in [5.74, 6) is -0.272. The number of halogens is 1. The number of hydrogen-bond donors (Lipinski definition) is 1. The molecule has 1 heterocycles. The second kappa shape index (κ2) is 8.62. The number of hydrogen-bond acceptors (Lipinski definition) is 4. The summed E-state index contributed by atoms with van der Waals surface area (Å²) < 4.78 is 18.1. The van der Waals surface area contributed by atoms with Crippen LogP contribution in [0, 0.1) is 11.7 Å². The molecule has 1 saturated carbocycles. The zero-order chi connectivity index (χ0) is 18.5. The maximum atomic E-state index is 13.3. The Kier molecular flexibility index (Phi) is 6.25. The third-order valence-electron chi connectivity index (χ3n) is 5.60. The minimum atomic E-state index is -0.332. The number of nitrogens with zero attached hydrogens (tertiary/aromatic N) is 1. The first-order valence-electron chi connectivity index (χ1n) is 9.45. The Hall–Kier alpha value is -1.95. The van der Waals surface area contributed by atoms with Crippen molar-refractivity contribution in [2.24, 2.45) is 5.92 Å². The molecule has 0 bridgehead atoms. The fraction of sp³-hybridized carbons (Fsp3) is 0.600. The largest absolute Gasteiger partial charge is 0.468 e. The van der Waals surface area contributed by atoms with Crippen molar-refractivity contribution in [1.29, 1.82) is 0 Å². The first-order valence-corrected chi connectivity index (χ1v) is 9.45. The average molecular weight is 362 g/mol. The molecular weight excluding hydrogens is 335 g/mol. The van der Waals surface area contributed by atoms with Crippen molar-refractivity contribution in [3.8, 4) is 0 Å². The molecule has 2 atom stereocenters. The predicted molar refractivity (Wildman–Crippen MR) is 95.9 cm³/mol. The number of esters is 1. The Labute approximate surface area is 153 Å². The van der Waals surface area contributed by atoms with Crippen LogP contribution in [0.25, 0.3) is 0 Å². The molecule has 1 aliphatic carbocycles. The molecular formula is C20H27FN2O3. The van der Waals surface area contributed by atoms with Crippen LogP contribution in [0.3, 0.4) is 0 Å². The van der Waals surface area contributed by atoms with Crippen molar-refractivity contribution in [3.63, 3.8) is 0 Å². The molecule has 142 valence electrons. The van der Waals surface area contributed by atoms with Gasteiger partial charge in [0, 0.05) is 0 Å². The number of nitrogens with one attached hydrogen (secondary N) is 1. The van der Waals surface area contributed by atoms with E-state index in [1.54, 1.807) is 12.1 Å². The Morgan fingerprint density at radius 3 is 2.54 bits per heavy atom. The van der Waals surface area contributed by atoms with E-state index in [9.17, 15) is 14.0 Å². The summed E-state index contributed by atoms with van der Waals surface area (Å²) >= 11 is 0. The van der Waals surface area contributed by atoms with Crippen LogP contribution < -0.4 is 5.32 Å². The molecule has 0 radical (unpaired) electrons. The highest BCUT2D eigenvalue weighted by Crippen LogP contribution is 2.35. The van der Waals surface area contributed by atoms with Gasteiger partial charge in [-0.3, -0.25) is 14.5 Å². The second-order valence-corrected chi connectivity index (χ2v) is 7.29. The lowest BCUT2D eigenvalue weighted by Crippen LogP contribution is -2.45. The van der Waals surface area contributed by atoms with Gasteiger partial charge in [-0.05, 0) is 55.8 Å². The molecule has 6 heteroatoms. The van der Waals surface area contributed by atoms with Gasteiger partial charge in [0.1, 0.15) is 11.9 Å². The van der Waals surface area contributed by atoms with E-state index in [2.05, 4.69) is 5.32 Å². The van der Waals surface area contributed by atoms with E-state index in [4.69, 9.17) is 4.74 Å². The molecule has 1 aromatic carbocycles. The molecule has 2 aliphatic rings. The van der Waals surface area contributed by atoms with Crippen LogP contribution in [0.5, 0.6) is 0 Å². The third-order valence-corrected chi connectivity index (χ3v) is 5.60. The summed E-state index contributed by atoms with van der Waals surface area (Å²) in [6.45, 7) is 0.905. The Balaban J connectivity index is 1.67. The van der Waals surface area contributed by atoms with Crippen LogP contribution >= 0.6 is 0 Å². The summed E-state index contributed by atoms with van der Waals surface area (Å²) in [6, 6.07) is 5.96. The molecule has 1 aromatic rings. The first-order chi connectivity index (χ1) is 12.6. The molecule has 2 fully saturated rings. The topological polar surface area (TPSA) is 58.6 Å². The molecule has 0 aromatic heterocycles. The van der Waals surface area contributed by atoms with E-state index in [0.717, 1.165) is 50.6 Å². The normalized spacial score (nSPS) is 22.3. The summed E-state index contributed by atoms with van der Waals surface area (Å²) in [7, 11) is 1.38. The van der Waals surface area contributed by atoms with Gasteiger partial charge in [0.2, 0.25) is 5.91 Å². The van der Waals surface area contributed by atoms with E-state index in [1.807, 2.05) is 4.90 Å². The summed E-state index contributed by atoms with van der Waals surface area (Å²) in [4.78, 5) is 26.4. The van der Waals surface area contributed by atoms with Gasteiger partial charge < -0.3 is 10.1 Å². The molecule has 1 N–H and O–H groups in total. The van der Waals surface area contributed by atoms with Crippen LogP contribution in [0.1, 0.15) is 50.1 Å². The van der Waals surface area contributed by atoms with Gasteiger partial charge in [-0.2, -0.15) is 0 Å². The van der Waals surface area contributed by atoms with Crippen LogP contribution in [-0.2, 0) is 14.3 Å². The molecule has 3 rings (SSSR count). The number of carbonyl (C=O) groups excluding carboxylic acids is 2. The summed E-state index contributed by atoms with van der Waals surface area (Å²) in [5.41, 5.74) is 0.942. The van der Waals surface area contributed by atoms with E-state index in [-0.39, 0.29) is 36.3 Å². The standard InChI is InChI=1S/C20H27FN2O3/c1-26-20(25)17-7-4-12-23(17)13-18(24)22-19(14-5-2-3-6-14)15-8-10-16(21)11-9-15/h8-11,14,17,19H,2-7,12-13H2,1H3,(H,22,24). The second-order valence-electron chi connectivity index (χ2n) is 7.29. The number of rotatable bonds is 6. The van der Waals surface area contributed by atoms with Crippen LogP contribution in [0.4, 0.5) is 4.39 Å². The lowest BCUT2D eigenvalue weighted by molar-refractivity contribution is -0.146. The number of ether oxygens (including phenoxy) is 1. The molecule has 5 nitrogen and oxygen atoms in total. The zero-order valence-corrected chi connectivity index (χ0v) is 15.2. The zero-order valence-electron chi connectivity index (χ0n) is 15.2. The van der Waals surface area contributed by atoms with Gasteiger partial charge in [-0.1, -0.05) is 25.0 Å². The highest BCUT2D eigenvalue weighted by molar-refractivity contribution is 5.81. The molecule has 2 unspecified atom stereocenters. The smallest absolute Gasteiger partial charge is 0.323 e. The lowest BCUT2D eigenvalue weighted by atomic mass is 9.91. The molecule has 1 saturated heterocycles. The summed E-state index contributed by atoms with van der Waals surface area (Å²) in [6.07, 6.45) is 6.07. The van der Waals surface area contributed by atoms with Crippen molar-refractivity contribution in [2.75, 3.05) is 20.2 Å². The van der Waals surface area contributed by atoms with Gasteiger partial charge in [-0.25, -0.2) is 4.39 Å². The van der Waals surface area contributed by atoms with Crippen molar-refractivity contribution in [1.82, 2.24) is 10.2 Å². The van der Waals surface area contributed by atoms with Crippen molar-refractivity contribution in [3.05, 3.63) is 35.6 Å². The Morgan fingerprint density at radius 1 is 1.19 bits per heavy atom. The number of methoxy groups -OCH3 is 1. The van der Waals surface area contributed by atoms with Crippen LogP contribution in [-0.4, -0.2) is 43.0 Å². The first kappa shape index (κ1) is 18.8. The van der Waals surface area contributed by atoms with Gasteiger partial charge >= 0.3 is 5.97 Å². The number of benzene rings is 1. The van der Waals surface area contributed by atoms with Crippen LogP contribution in [0.2, 0.25) is 0 Å². The van der Waals surface area contributed by atoms with E-state index >= 15 is 0 Å². The van der Waals surface area contributed by atoms with Crippen molar-refractivity contribution in [2.45, 2.75) is 50.6 Å². The van der Waals surface area contributed by atoms with Gasteiger partial charge in [0.25, 0.3) is 0 Å². The number of carbonyl (C=O) groups is 2. The minimum Gasteiger partial charge on any atom is -0.468 e. The number of likely N-dealkylation sites (tertiary alicyclic amines) is 1. The number of amides is 1. The van der Waals surface area contributed by atoms with E-state index in [1.165, 1.54) is 19.2 Å². The fourth-order valence-corrected chi connectivity index (χ4v) is 4.26. The predicted octanol–water partition coefficient (Wildman–Crippen LogP) is 2.81. The Bertz CT molecular complexity index is 628. The molecule has 0 spiro atoms. The highest BCUT2D eigenvalue weighted by Gasteiger charge is 2.34. The van der Waals surface area contributed by atoms with Gasteiger partial charge in [0.15, 0.2) is 0 Å². The van der Waals surface area contributed by atoms with E-state index in [0.29, 0.717) is 5.92 Å². The minimum absolute atomic E-state index is 0.0953. The molecule has 26 heavy (non-hydrogen) atoms. The summed E-state index contributed by atoms with van der Waals surface area (Å²) in [5, 5.41) is 3.14. The van der Waals surface area contributed by atoms with Crippen molar-refractivity contribution < 1.29 is 18.7 Å². The van der Waals surface area contributed by atoms with E-state index < -0.39 is 0 Å². The Morgan fingerprint density at radius 2 is 1.88 bits per heavy atom. The van der Waals surface area contributed by atoms with Gasteiger partial charge in [-0.15, -0.1) is 0 Å².